The lowest BCUT2D eigenvalue weighted by molar-refractivity contribution is -0.121. The van der Waals surface area contributed by atoms with Crippen LogP contribution < -0.4 is 10.6 Å². The smallest absolute Gasteiger partial charge is 0.234 e. The molecule has 5 heteroatoms. The predicted octanol–water partition coefficient (Wildman–Crippen LogP) is 1.64. The molecule has 1 heterocycles. The number of benzene rings is 1. The molecular weight excluding hydrogens is 274 g/mol. The van der Waals surface area contributed by atoms with Crippen molar-refractivity contribution >= 4 is 17.5 Å². The summed E-state index contributed by atoms with van der Waals surface area (Å²) in [5.41, 5.74) is 1.26. The second-order valence-corrected chi connectivity index (χ2v) is 5.74. The van der Waals surface area contributed by atoms with Crippen molar-refractivity contribution < 1.29 is 4.79 Å². The first-order valence-corrected chi connectivity index (χ1v) is 7.46. The number of amides is 1. The Morgan fingerprint density at radius 1 is 1.40 bits per heavy atom. The number of carbonyl (C=O) groups excluding carboxylic acids is 1. The summed E-state index contributed by atoms with van der Waals surface area (Å²) < 4.78 is 0. The molecule has 0 spiro atoms. The fraction of sp³-hybridized carbons (Fsp3) is 0.533. The molecule has 20 heavy (non-hydrogen) atoms. The van der Waals surface area contributed by atoms with Gasteiger partial charge in [0.05, 0.1) is 6.54 Å². The van der Waals surface area contributed by atoms with E-state index in [9.17, 15) is 4.79 Å². The summed E-state index contributed by atoms with van der Waals surface area (Å²) >= 11 is 5.90. The molecule has 0 bridgehead atoms. The van der Waals surface area contributed by atoms with Crippen molar-refractivity contribution in [1.29, 1.82) is 0 Å². The van der Waals surface area contributed by atoms with E-state index >= 15 is 0 Å². The highest BCUT2D eigenvalue weighted by atomic mass is 35.5. The molecule has 1 aromatic carbocycles. The van der Waals surface area contributed by atoms with Crippen LogP contribution in [0.3, 0.4) is 0 Å². The van der Waals surface area contributed by atoms with Gasteiger partial charge in [-0.1, -0.05) is 23.7 Å². The third kappa shape index (κ3) is 4.78. The zero-order chi connectivity index (χ0) is 14.4. The predicted molar refractivity (Wildman–Crippen MR) is 81.8 cm³/mol. The molecule has 110 valence electrons. The topological polar surface area (TPSA) is 44.4 Å². The first kappa shape index (κ1) is 15.3. The van der Waals surface area contributed by atoms with E-state index < -0.39 is 0 Å². The number of hydrogen-bond donors (Lipinski definition) is 2. The van der Waals surface area contributed by atoms with Crippen LogP contribution in [0, 0.1) is 0 Å². The number of likely N-dealkylation sites (tertiary alicyclic amines) is 1. The molecule has 1 atom stereocenters. The number of piperidine rings is 1. The highest BCUT2D eigenvalue weighted by molar-refractivity contribution is 6.30. The molecule has 1 amide bonds. The van der Waals surface area contributed by atoms with Gasteiger partial charge in [-0.05, 0) is 44.1 Å². The summed E-state index contributed by atoms with van der Waals surface area (Å²) in [7, 11) is 1.79. The van der Waals surface area contributed by atoms with Gasteiger partial charge < -0.3 is 10.6 Å². The second kappa shape index (κ2) is 7.62. The van der Waals surface area contributed by atoms with Gasteiger partial charge in [-0.15, -0.1) is 0 Å². The molecule has 1 saturated heterocycles. The lowest BCUT2D eigenvalue weighted by Gasteiger charge is -2.33. The molecule has 4 nitrogen and oxygen atoms in total. The lowest BCUT2D eigenvalue weighted by Crippen LogP contribution is -2.49. The molecule has 1 fully saturated rings. The monoisotopic (exact) mass is 295 g/mol. The van der Waals surface area contributed by atoms with Gasteiger partial charge in [-0.2, -0.15) is 0 Å². The molecule has 0 saturated carbocycles. The number of carbonyl (C=O) groups is 1. The normalized spacial score (nSPS) is 19.8. The first-order chi connectivity index (χ1) is 9.67. The van der Waals surface area contributed by atoms with Crippen LogP contribution >= 0.6 is 11.6 Å². The Labute approximate surface area is 125 Å². The minimum Gasteiger partial charge on any atom is -0.351 e. The Morgan fingerprint density at radius 2 is 2.15 bits per heavy atom. The van der Waals surface area contributed by atoms with Crippen molar-refractivity contribution in [2.75, 3.05) is 26.7 Å². The van der Waals surface area contributed by atoms with Crippen LogP contribution in [-0.4, -0.2) is 43.5 Å². The summed E-state index contributed by atoms with van der Waals surface area (Å²) in [6, 6.07) is 8.23. The summed E-state index contributed by atoms with van der Waals surface area (Å²) in [6.07, 6.45) is 2.19. The van der Waals surface area contributed by atoms with Crippen LogP contribution in [0.15, 0.2) is 24.3 Å². The van der Waals surface area contributed by atoms with Crippen LogP contribution in [0.1, 0.15) is 18.4 Å². The molecule has 0 aliphatic carbocycles. The zero-order valence-corrected chi connectivity index (χ0v) is 12.6. The van der Waals surface area contributed by atoms with Gasteiger partial charge in [0.15, 0.2) is 0 Å². The minimum atomic E-state index is 0.0749. The third-order valence-corrected chi connectivity index (χ3v) is 3.78. The number of likely N-dealkylation sites (N-methyl/N-ethyl adjacent to an activating group) is 1. The molecule has 2 N–H and O–H groups in total. The molecule has 0 aromatic heterocycles. The summed E-state index contributed by atoms with van der Waals surface area (Å²) in [5, 5.41) is 6.72. The van der Waals surface area contributed by atoms with Crippen molar-refractivity contribution in [3.8, 4) is 0 Å². The lowest BCUT2D eigenvalue weighted by atomic mass is 10.0. The molecular formula is C15H22ClN3O. The van der Waals surface area contributed by atoms with E-state index in [2.05, 4.69) is 27.7 Å². The average Bonchev–Trinajstić information content (AvgIpc) is 2.42. The van der Waals surface area contributed by atoms with E-state index in [4.69, 9.17) is 11.6 Å². The van der Waals surface area contributed by atoms with E-state index in [0.29, 0.717) is 6.54 Å². The van der Waals surface area contributed by atoms with Gasteiger partial charge >= 0.3 is 0 Å². The molecule has 1 aromatic rings. The fourth-order valence-electron chi connectivity index (χ4n) is 2.60. The van der Waals surface area contributed by atoms with Gasteiger partial charge in [0.1, 0.15) is 0 Å². The van der Waals surface area contributed by atoms with Crippen molar-refractivity contribution in [2.24, 2.45) is 0 Å². The van der Waals surface area contributed by atoms with Gasteiger partial charge in [0, 0.05) is 24.2 Å². The van der Waals surface area contributed by atoms with Gasteiger partial charge in [0.25, 0.3) is 0 Å². The Bertz CT molecular complexity index is 435. The molecule has 1 aliphatic heterocycles. The average molecular weight is 296 g/mol. The summed E-state index contributed by atoms with van der Waals surface area (Å²) in [4.78, 5) is 14.0. The van der Waals surface area contributed by atoms with Crippen molar-refractivity contribution in [1.82, 2.24) is 15.5 Å². The van der Waals surface area contributed by atoms with Gasteiger partial charge in [-0.3, -0.25) is 9.69 Å². The largest absolute Gasteiger partial charge is 0.351 e. The highest BCUT2D eigenvalue weighted by Crippen LogP contribution is 2.15. The Kier molecular flexibility index (Phi) is 5.83. The van der Waals surface area contributed by atoms with Crippen molar-refractivity contribution in [2.45, 2.75) is 25.4 Å². The molecule has 0 radical (unpaired) electrons. The number of rotatable bonds is 5. The Morgan fingerprint density at radius 3 is 2.85 bits per heavy atom. The van der Waals surface area contributed by atoms with Crippen LogP contribution in [-0.2, 0) is 11.3 Å². The quantitative estimate of drug-likeness (QED) is 0.868. The van der Waals surface area contributed by atoms with E-state index in [1.54, 1.807) is 7.05 Å². The van der Waals surface area contributed by atoms with E-state index in [-0.39, 0.29) is 11.9 Å². The number of halogens is 1. The SMILES string of the molecule is CNCC(=O)NC1CCCN(Cc2ccc(Cl)cc2)C1. The third-order valence-electron chi connectivity index (χ3n) is 3.53. The number of nitrogens with one attached hydrogen (secondary N) is 2. The van der Waals surface area contributed by atoms with Gasteiger partial charge in [0.2, 0.25) is 5.91 Å². The second-order valence-electron chi connectivity index (χ2n) is 5.30. The van der Waals surface area contributed by atoms with Crippen LogP contribution in [0.2, 0.25) is 5.02 Å². The summed E-state index contributed by atoms with van der Waals surface area (Å²) in [6.45, 7) is 3.29. The minimum absolute atomic E-state index is 0.0749. The Balaban J connectivity index is 1.83. The maximum absolute atomic E-state index is 11.6. The van der Waals surface area contributed by atoms with Crippen molar-refractivity contribution in [3.63, 3.8) is 0 Å². The first-order valence-electron chi connectivity index (χ1n) is 7.08. The van der Waals surface area contributed by atoms with E-state index in [1.807, 2.05) is 12.1 Å². The van der Waals surface area contributed by atoms with E-state index in [0.717, 1.165) is 37.5 Å². The maximum atomic E-state index is 11.6. The molecule has 1 aliphatic rings. The number of hydrogen-bond acceptors (Lipinski definition) is 3. The zero-order valence-electron chi connectivity index (χ0n) is 11.9. The van der Waals surface area contributed by atoms with E-state index in [1.165, 1.54) is 5.56 Å². The Hall–Kier alpha value is -1.10. The van der Waals surface area contributed by atoms with Gasteiger partial charge in [-0.25, -0.2) is 0 Å². The summed E-state index contributed by atoms with van der Waals surface area (Å²) in [5.74, 6) is 0.0749. The van der Waals surface area contributed by atoms with Crippen molar-refractivity contribution in [3.05, 3.63) is 34.9 Å². The maximum Gasteiger partial charge on any atom is 0.234 e. The fourth-order valence-corrected chi connectivity index (χ4v) is 2.73. The number of nitrogens with zero attached hydrogens (tertiary/aromatic N) is 1. The van der Waals surface area contributed by atoms with Crippen LogP contribution in [0.4, 0.5) is 0 Å². The molecule has 1 unspecified atom stereocenters. The highest BCUT2D eigenvalue weighted by Gasteiger charge is 2.21. The van der Waals surface area contributed by atoms with Crippen LogP contribution in [0.25, 0.3) is 0 Å². The molecule has 2 rings (SSSR count). The van der Waals surface area contributed by atoms with Crippen LogP contribution in [0.5, 0.6) is 0 Å². The standard InChI is InChI=1S/C15H22ClN3O/c1-17-9-15(20)18-14-3-2-8-19(11-14)10-12-4-6-13(16)7-5-12/h4-7,14,17H,2-3,8-11H2,1H3,(H,18,20).